The molecule has 0 heterocycles. The molecule has 0 aliphatic rings. The van der Waals surface area contributed by atoms with Crippen molar-refractivity contribution in [2.45, 2.75) is 0 Å². The summed E-state index contributed by atoms with van der Waals surface area (Å²) in [5, 5.41) is 7.36. The molecule has 0 aromatic heterocycles. The predicted octanol–water partition coefficient (Wildman–Crippen LogP) is -0.970. The van der Waals surface area contributed by atoms with Gasteiger partial charge in [0.2, 0.25) is 0 Å². The van der Waals surface area contributed by atoms with E-state index in [9.17, 15) is 0 Å². The molecular formula is CH2AgNOSe. The second kappa shape index (κ2) is 8.82. The van der Waals surface area contributed by atoms with Crippen molar-refractivity contribution in [3.8, 4) is 6.26 Å². The van der Waals surface area contributed by atoms with E-state index in [-0.39, 0.29) is 17.1 Å². The van der Waals surface area contributed by atoms with E-state index in [0.29, 0.717) is 0 Å². The average Bonchev–Trinajstić information content (AvgIpc) is 1.37. The molecule has 0 aromatic rings. The van der Waals surface area contributed by atoms with Crippen LogP contribution in [0, 0.1) is 11.5 Å². The molecule has 0 atom stereocenters. The van der Waals surface area contributed by atoms with Crippen molar-refractivity contribution < 1.29 is 24.7 Å². The predicted molar refractivity (Wildman–Crippen MR) is 15.2 cm³/mol. The van der Waals surface area contributed by atoms with Gasteiger partial charge in [0, 0.05) is 0 Å². The third kappa shape index (κ3) is 12.3. The Labute approximate surface area is 53.4 Å². The summed E-state index contributed by atoms with van der Waals surface area (Å²) >= 11 is 2.40. The normalized spacial score (nSPS) is 3.40. The summed E-state index contributed by atoms with van der Waals surface area (Å²) in [6.07, 6.45) is 1.35. The van der Waals surface area contributed by atoms with Gasteiger partial charge in [0.15, 0.2) is 0 Å². The first kappa shape index (κ1) is 9.12. The van der Waals surface area contributed by atoms with Crippen LogP contribution in [0.25, 0.3) is 0 Å². The van der Waals surface area contributed by atoms with Gasteiger partial charge in [0.1, 0.15) is 0 Å². The Morgan fingerprint density at radius 3 is 2.00 bits per heavy atom. The minimum absolute atomic E-state index is 0. The zero-order valence-electron chi connectivity index (χ0n) is 2.16. The van der Waals surface area contributed by atoms with Gasteiger partial charge in [0.05, 0.1) is 0 Å². The fourth-order valence-electron chi connectivity index (χ4n) is 0. The molecule has 2 nitrogen and oxygen atoms in total. The molecule has 0 aliphatic heterocycles. The molecular weight excluding hydrogens is 229 g/mol. The van der Waals surface area contributed by atoms with Crippen LogP contribution >= 0.6 is 0 Å². The van der Waals surface area contributed by atoms with Gasteiger partial charge in [-0.1, -0.05) is 0 Å². The van der Waals surface area contributed by atoms with Crippen molar-refractivity contribution in [2.24, 2.45) is 0 Å². The molecule has 0 rings (SSSR count). The third-order valence-corrected chi connectivity index (χ3v) is 0.163. The van der Waals surface area contributed by atoms with Gasteiger partial charge in [-0.25, -0.2) is 0 Å². The van der Waals surface area contributed by atoms with E-state index < -0.39 is 0 Å². The van der Waals surface area contributed by atoms with Gasteiger partial charge >= 0.3 is 53.3 Å². The number of hydrogen-bond acceptors (Lipinski definition) is 2. The molecule has 0 fully saturated rings. The summed E-state index contributed by atoms with van der Waals surface area (Å²) in [6.45, 7) is 0. The molecule has 0 saturated carbocycles. The molecule has 0 bridgehead atoms. The number of nitriles is 1. The van der Waals surface area contributed by atoms with Crippen LogP contribution in [0.4, 0.5) is 0 Å². The van der Waals surface area contributed by atoms with Crippen LogP contribution < -0.4 is 0 Å². The zero-order chi connectivity index (χ0) is 3.41. The molecule has 0 radical (unpaired) electrons. The molecule has 0 amide bonds. The molecule has 5 heavy (non-hydrogen) atoms. The van der Waals surface area contributed by atoms with Gasteiger partial charge in [-0.2, -0.15) is 0 Å². The summed E-state index contributed by atoms with van der Waals surface area (Å²) < 4.78 is 3.66. The quantitative estimate of drug-likeness (QED) is 0.397. The SMILES string of the molecule is N#C[O][Ag].[SeH2]. The van der Waals surface area contributed by atoms with E-state index in [1.165, 1.54) is 6.26 Å². The summed E-state index contributed by atoms with van der Waals surface area (Å²) in [6, 6.07) is 0. The van der Waals surface area contributed by atoms with Gasteiger partial charge < -0.3 is 0 Å². The number of hydrogen-bond donors (Lipinski definition) is 0. The Balaban J connectivity index is 0. The molecule has 0 saturated heterocycles. The minimum atomic E-state index is 0. The van der Waals surface area contributed by atoms with Crippen LogP contribution in [-0.4, -0.2) is 17.1 Å². The van der Waals surface area contributed by atoms with Gasteiger partial charge in [-0.15, -0.1) is 0 Å². The molecule has 0 aromatic carbocycles. The first-order valence-electron chi connectivity index (χ1n) is 0.551. The van der Waals surface area contributed by atoms with E-state index in [1.54, 1.807) is 0 Å². The number of rotatable bonds is 0. The third-order valence-electron chi connectivity index (χ3n) is 0.0275. The summed E-state index contributed by atoms with van der Waals surface area (Å²) in [5.41, 5.74) is 0. The maximum atomic E-state index is 7.36. The molecule has 34 valence electrons. The van der Waals surface area contributed by atoms with Crippen molar-refractivity contribution >= 4 is 17.1 Å². The topological polar surface area (TPSA) is 33.0 Å². The Morgan fingerprint density at radius 2 is 2.00 bits per heavy atom. The van der Waals surface area contributed by atoms with Crippen molar-refractivity contribution in [1.29, 1.82) is 5.26 Å². The average molecular weight is 231 g/mol. The van der Waals surface area contributed by atoms with E-state index in [1.807, 2.05) is 0 Å². The second-order valence-electron chi connectivity index (χ2n) is 0.153. The van der Waals surface area contributed by atoms with Crippen LogP contribution in [0.1, 0.15) is 0 Å². The molecule has 0 N–H and O–H groups in total. The first-order chi connectivity index (χ1) is 1.91. The van der Waals surface area contributed by atoms with Crippen molar-refractivity contribution in [3.63, 3.8) is 0 Å². The van der Waals surface area contributed by atoms with E-state index in [2.05, 4.69) is 24.7 Å². The van der Waals surface area contributed by atoms with Crippen LogP contribution in [0.5, 0.6) is 0 Å². The standard InChI is InChI=1S/CHNO.Ag.H2Se/c2-1-3;;/h3H;;1H2/q;+1;/p-1. The molecule has 4 heteroatoms. The van der Waals surface area contributed by atoms with Crippen molar-refractivity contribution in [2.75, 3.05) is 0 Å². The Morgan fingerprint density at radius 1 is 1.80 bits per heavy atom. The Hall–Kier alpha value is 0.550. The summed E-state index contributed by atoms with van der Waals surface area (Å²) in [7, 11) is 0. The fraction of sp³-hybridized carbons (Fsp3) is 0. The van der Waals surface area contributed by atoms with Gasteiger partial charge in [-0.05, 0) is 0 Å². The van der Waals surface area contributed by atoms with Crippen molar-refractivity contribution in [1.82, 2.24) is 0 Å². The van der Waals surface area contributed by atoms with Crippen LogP contribution in [-0.2, 0) is 24.7 Å². The van der Waals surface area contributed by atoms with Crippen molar-refractivity contribution in [3.05, 3.63) is 0 Å². The Bertz CT molecular complexity index is 41.4. The second-order valence-corrected chi connectivity index (χ2v) is 0.455. The Kier molecular flexibility index (Phi) is 16.1. The van der Waals surface area contributed by atoms with Gasteiger partial charge in [0.25, 0.3) is 0 Å². The van der Waals surface area contributed by atoms with Crippen LogP contribution in [0.3, 0.4) is 0 Å². The van der Waals surface area contributed by atoms with Gasteiger partial charge in [-0.3, -0.25) is 0 Å². The maximum absolute atomic E-state index is 7.36. The van der Waals surface area contributed by atoms with E-state index >= 15 is 0 Å². The molecule has 0 unspecified atom stereocenters. The van der Waals surface area contributed by atoms with E-state index in [4.69, 9.17) is 5.26 Å². The van der Waals surface area contributed by atoms with Crippen LogP contribution in [0.15, 0.2) is 0 Å². The zero-order valence-corrected chi connectivity index (χ0v) is 5.74. The summed E-state index contributed by atoms with van der Waals surface area (Å²) in [5.74, 6) is 0. The summed E-state index contributed by atoms with van der Waals surface area (Å²) in [4.78, 5) is 0. The molecule has 0 aliphatic carbocycles. The fourth-order valence-corrected chi connectivity index (χ4v) is 0. The van der Waals surface area contributed by atoms with Crippen LogP contribution in [0.2, 0.25) is 0 Å². The first-order valence-corrected chi connectivity index (χ1v) is 1.16. The monoisotopic (exact) mass is 231 g/mol. The molecule has 0 spiro atoms. The number of nitrogens with zero attached hydrogens (tertiary/aromatic N) is 1. The van der Waals surface area contributed by atoms with E-state index in [0.717, 1.165) is 0 Å².